The summed E-state index contributed by atoms with van der Waals surface area (Å²) in [7, 11) is -3.05. The van der Waals surface area contributed by atoms with E-state index in [1.54, 1.807) is 0 Å². The number of hydrogen-bond acceptors (Lipinski definition) is 2. The van der Waals surface area contributed by atoms with Crippen LogP contribution in [-0.2, 0) is 10.0 Å². The molecular weight excluding hydrogens is 258 g/mol. The molecule has 17 heavy (non-hydrogen) atoms. The van der Waals surface area contributed by atoms with Gasteiger partial charge in [0.2, 0.25) is 10.0 Å². The molecule has 1 saturated carbocycles. The van der Waals surface area contributed by atoms with Crippen molar-refractivity contribution < 1.29 is 8.42 Å². The third-order valence-corrected chi connectivity index (χ3v) is 5.58. The van der Waals surface area contributed by atoms with Crippen LogP contribution in [-0.4, -0.2) is 26.1 Å². The van der Waals surface area contributed by atoms with Crippen LogP contribution in [0.25, 0.3) is 0 Å². The molecule has 1 aliphatic rings. The third-order valence-electron chi connectivity index (χ3n) is 3.35. The van der Waals surface area contributed by atoms with Gasteiger partial charge < -0.3 is 0 Å². The molecule has 0 atom stereocenters. The smallest absolute Gasteiger partial charge is 0.214 e. The monoisotopic (exact) mass is 281 g/mol. The van der Waals surface area contributed by atoms with Crippen LogP contribution in [0.1, 0.15) is 57.8 Å². The molecule has 0 unspecified atom stereocenters. The molecule has 0 heterocycles. The van der Waals surface area contributed by atoms with Gasteiger partial charge in [-0.3, -0.25) is 0 Å². The fraction of sp³-hybridized carbons (Fsp3) is 1.00. The molecule has 102 valence electrons. The number of hydrogen-bond donors (Lipinski definition) is 1. The third kappa shape index (κ3) is 6.07. The molecule has 1 aliphatic carbocycles. The van der Waals surface area contributed by atoms with Crippen LogP contribution in [0.3, 0.4) is 0 Å². The zero-order valence-electron chi connectivity index (χ0n) is 10.5. The van der Waals surface area contributed by atoms with Gasteiger partial charge in [-0.05, 0) is 25.7 Å². The fourth-order valence-corrected chi connectivity index (χ4v) is 4.09. The van der Waals surface area contributed by atoms with E-state index in [0.29, 0.717) is 12.4 Å². The summed E-state index contributed by atoms with van der Waals surface area (Å²) in [6.45, 7) is 0.584. The molecule has 1 rings (SSSR count). The van der Waals surface area contributed by atoms with Crippen LogP contribution in [0.5, 0.6) is 0 Å². The number of rotatable bonds is 8. The first kappa shape index (κ1) is 15.3. The van der Waals surface area contributed by atoms with Crippen molar-refractivity contribution in [2.24, 2.45) is 0 Å². The van der Waals surface area contributed by atoms with Gasteiger partial charge in [0.1, 0.15) is 0 Å². The predicted octanol–water partition coefficient (Wildman–Crippen LogP) is 3.04. The zero-order valence-corrected chi connectivity index (χ0v) is 12.0. The average Bonchev–Trinajstić information content (AvgIpc) is 2.35. The first-order valence-electron chi connectivity index (χ1n) is 6.71. The second-order valence-corrected chi connectivity index (χ2v) is 7.23. The Morgan fingerprint density at radius 2 is 1.65 bits per heavy atom. The highest BCUT2D eigenvalue weighted by Crippen LogP contribution is 2.22. The van der Waals surface area contributed by atoms with Crippen molar-refractivity contribution >= 4 is 21.6 Å². The van der Waals surface area contributed by atoms with E-state index in [4.69, 9.17) is 11.6 Å². The number of nitrogens with one attached hydrogen (secondary N) is 1. The summed E-state index contributed by atoms with van der Waals surface area (Å²) >= 11 is 5.58. The number of halogens is 1. The Labute approximate surface area is 110 Å². The molecule has 3 nitrogen and oxygen atoms in total. The van der Waals surface area contributed by atoms with Gasteiger partial charge in [-0.2, -0.15) is 0 Å². The summed E-state index contributed by atoms with van der Waals surface area (Å²) in [5.74, 6) is 0.702. The van der Waals surface area contributed by atoms with Crippen molar-refractivity contribution in [3.8, 4) is 0 Å². The fourth-order valence-electron chi connectivity index (χ4n) is 2.28. The first-order valence-corrected chi connectivity index (χ1v) is 8.79. The number of sulfonamides is 1. The molecule has 1 fully saturated rings. The SMILES string of the molecule is O=S(=O)(NCCCCCCCl)C1CCCCC1. The molecule has 0 amide bonds. The van der Waals surface area contributed by atoms with E-state index < -0.39 is 10.0 Å². The van der Waals surface area contributed by atoms with Crippen LogP contribution >= 0.6 is 11.6 Å². The van der Waals surface area contributed by atoms with E-state index in [9.17, 15) is 8.42 Å². The molecule has 1 N–H and O–H groups in total. The van der Waals surface area contributed by atoms with Gasteiger partial charge >= 0.3 is 0 Å². The highest BCUT2D eigenvalue weighted by molar-refractivity contribution is 7.90. The van der Waals surface area contributed by atoms with E-state index in [1.165, 1.54) is 6.42 Å². The normalized spacial score (nSPS) is 18.4. The average molecular weight is 282 g/mol. The molecule has 0 saturated heterocycles. The molecule has 0 aliphatic heterocycles. The summed E-state index contributed by atoms with van der Waals surface area (Å²) in [6.07, 6.45) is 9.06. The second kappa shape index (κ2) is 8.33. The lowest BCUT2D eigenvalue weighted by Gasteiger charge is -2.21. The van der Waals surface area contributed by atoms with Gasteiger partial charge in [0.15, 0.2) is 0 Å². The Morgan fingerprint density at radius 1 is 1.00 bits per heavy atom. The topological polar surface area (TPSA) is 46.2 Å². The van der Waals surface area contributed by atoms with Gasteiger partial charge in [0.25, 0.3) is 0 Å². The maximum Gasteiger partial charge on any atom is 0.214 e. The highest BCUT2D eigenvalue weighted by atomic mass is 35.5. The van der Waals surface area contributed by atoms with Gasteiger partial charge in [-0.1, -0.05) is 32.1 Å². The van der Waals surface area contributed by atoms with E-state index in [2.05, 4.69) is 4.72 Å². The second-order valence-electron chi connectivity index (χ2n) is 4.80. The van der Waals surface area contributed by atoms with Crippen LogP contribution < -0.4 is 4.72 Å². The van der Waals surface area contributed by atoms with E-state index in [0.717, 1.165) is 51.4 Å². The minimum atomic E-state index is -3.05. The standard InChI is InChI=1S/C12H24ClNO2S/c13-10-6-1-2-7-11-14-17(15,16)12-8-4-3-5-9-12/h12,14H,1-11H2. The number of unbranched alkanes of at least 4 members (excludes halogenated alkanes) is 3. The van der Waals surface area contributed by atoms with Crippen LogP contribution in [0.2, 0.25) is 0 Å². The van der Waals surface area contributed by atoms with Crippen molar-refractivity contribution in [3.63, 3.8) is 0 Å². The Bertz CT molecular complexity index is 287. The van der Waals surface area contributed by atoms with Crippen molar-refractivity contribution in [1.82, 2.24) is 4.72 Å². The zero-order chi connectivity index (χ0) is 12.6. The summed E-state index contributed by atoms with van der Waals surface area (Å²) in [4.78, 5) is 0. The van der Waals surface area contributed by atoms with Gasteiger partial charge in [-0.15, -0.1) is 11.6 Å². The number of alkyl halides is 1. The van der Waals surface area contributed by atoms with Crippen molar-refractivity contribution in [2.45, 2.75) is 63.0 Å². The minimum absolute atomic E-state index is 0.140. The molecule has 0 radical (unpaired) electrons. The molecule has 0 bridgehead atoms. The molecule has 5 heteroatoms. The summed E-state index contributed by atoms with van der Waals surface area (Å²) < 4.78 is 26.6. The van der Waals surface area contributed by atoms with Gasteiger partial charge in [0.05, 0.1) is 5.25 Å². The quantitative estimate of drug-likeness (QED) is 0.549. The minimum Gasteiger partial charge on any atom is -0.215 e. The van der Waals surface area contributed by atoms with Crippen molar-refractivity contribution in [3.05, 3.63) is 0 Å². The Hall–Kier alpha value is 0.200. The maximum absolute atomic E-state index is 11.9. The molecule has 0 spiro atoms. The van der Waals surface area contributed by atoms with E-state index in [-0.39, 0.29) is 5.25 Å². The first-order chi connectivity index (χ1) is 8.17. The molecule has 0 aromatic heterocycles. The maximum atomic E-state index is 11.9. The Balaban J connectivity index is 2.15. The van der Waals surface area contributed by atoms with E-state index in [1.807, 2.05) is 0 Å². The van der Waals surface area contributed by atoms with Crippen LogP contribution in [0, 0.1) is 0 Å². The van der Waals surface area contributed by atoms with Gasteiger partial charge in [0, 0.05) is 12.4 Å². The molecule has 0 aromatic carbocycles. The highest BCUT2D eigenvalue weighted by Gasteiger charge is 2.26. The lowest BCUT2D eigenvalue weighted by Crippen LogP contribution is -2.36. The summed E-state index contributed by atoms with van der Waals surface area (Å²) in [5, 5.41) is -0.140. The van der Waals surface area contributed by atoms with Gasteiger partial charge in [-0.25, -0.2) is 13.1 Å². The lowest BCUT2D eigenvalue weighted by atomic mass is 10.0. The van der Waals surface area contributed by atoms with Crippen LogP contribution in [0.4, 0.5) is 0 Å². The summed E-state index contributed by atoms with van der Waals surface area (Å²) in [6, 6.07) is 0. The van der Waals surface area contributed by atoms with Crippen LogP contribution in [0.15, 0.2) is 0 Å². The van der Waals surface area contributed by atoms with Crippen molar-refractivity contribution in [2.75, 3.05) is 12.4 Å². The lowest BCUT2D eigenvalue weighted by molar-refractivity contribution is 0.476. The van der Waals surface area contributed by atoms with Crippen molar-refractivity contribution in [1.29, 1.82) is 0 Å². The molecule has 0 aromatic rings. The predicted molar refractivity (Wildman–Crippen MR) is 73.0 cm³/mol. The largest absolute Gasteiger partial charge is 0.215 e. The Morgan fingerprint density at radius 3 is 2.29 bits per heavy atom. The molecular formula is C12H24ClNO2S. The summed E-state index contributed by atoms with van der Waals surface area (Å²) in [5.41, 5.74) is 0. The van der Waals surface area contributed by atoms with E-state index >= 15 is 0 Å². The Kier molecular flexibility index (Phi) is 7.47.